The van der Waals surface area contributed by atoms with Gasteiger partial charge in [0.1, 0.15) is 23.6 Å². The lowest BCUT2D eigenvalue weighted by atomic mass is 10.1. The molecule has 4 aliphatic rings. The first-order valence-corrected chi connectivity index (χ1v) is 26.4. The molecule has 2 saturated carbocycles. The molecule has 1 amide bonds. The highest BCUT2D eigenvalue weighted by molar-refractivity contribution is 7.20. The second-order valence-corrected chi connectivity index (χ2v) is 28.5. The Morgan fingerprint density at radius 3 is 1.82 bits per heavy atom. The van der Waals surface area contributed by atoms with Gasteiger partial charge in [0.15, 0.2) is 11.3 Å². The Hall–Kier alpha value is -2.73. The maximum Gasteiger partial charge on any atom is 0.352 e. The number of rotatable bonds is 7. The largest absolute Gasteiger partial charge is 0.477 e. The first kappa shape index (κ1) is 36.1. The van der Waals surface area contributed by atoms with Crippen molar-refractivity contribution >= 4 is 71.4 Å². The molecule has 4 aromatic heterocycles. The Morgan fingerprint density at radius 1 is 0.776 bits per heavy atom. The number of carboxylic acid groups (broad SMARTS) is 1. The number of amides is 1. The van der Waals surface area contributed by atoms with E-state index >= 15 is 0 Å². The highest BCUT2D eigenvalue weighted by atomic mass is 32.1. The Kier molecular flexibility index (Phi) is 11.2. The van der Waals surface area contributed by atoms with Crippen LogP contribution in [0.25, 0.3) is 20.7 Å². The molecule has 4 fully saturated rings. The Labute approximate surface area is 298 Å². The van der Waals surface area contributed by atoms with Crippen LogP contribution in [-0.4, -0.2) is 77.4 Å². The van der Waals surface area contributed by atoms with Crippen LogP contribution >= 0.6 is 22.7 Å². The minimum absolute atomic E-state index is 0.00349. The normalized spacial score (nSPS) is 23.3. The predicted molar refractivity (Wildman–Crippen MR) is 203 cm³/mol. The van der Waals surface area contributed by atoms with Gasteiger partial charge in [0.25, 0.3) is 16.3 Å². The van der Waals surface area contributed by atoms with E-state index in [9.17, 15) is 9.59 Å². The molecule has 0 aromatic carbocycles. The van der Waals surface area contributed by atoms with Crippen LogP contribution in [0.4, 0.5) is 0 Å². The van der Waals surface area contributed by atoms with Crippen molar-refractivity contribution in [2.45, 2.75) is 139 Å². The number of nitrogens with two attached hydrogens (primary N) is 1. The number of hydrogen-bond donors (Lipinski definition) is 5. The molecule has 0 spiro atoms. The number of aromatic nitrogens is 4. The molecule has 2 unspecified atom stereocenters. The highest BCUT2D eigenvalue weighted by Gasteiger charge is 2.29. The third kappa shape index (κ3) is 10.6. The van der Waals surface area contributed by atoms with E-state index in [0.717, 1.165) is 53.6 Å². The molecule has 6 N–H and O–H groups in total. The van der Waals surface area contributed by atoms with Crippen LogP contribution in [0.3, 0.4) is 0 Å². The molecule has 4 aromatic rings. The smallest absolute Gasteiger partial charge is 0.352 e. The summed E-state index contributed by atoms with van der Waals surface area (Å²) >= 11 is 2.89. The number of carbonyl (C=O) groups is 2. The number of carboxylic acids is 1. The molecule has 49 heavy (non-hydrogen) atoms. The second kappa shape index (κ2) is 15.3. The average molecular weight is 745 g/mol. The predicted octanol–water partition coefficient (Wildman–Crippen LogP) is 8.23. The molecule has 11 nitrogen and oxygen atoms in total. The molecule has 2 aliphatic carbocycles. The van der Waals surface area contributed by atoms with E-state index < -0.39 is 22.1 Å². The zero-order chi connectivity index (χ0) is 34.8. The van der Waals surface area contributed by atoms with Crippen molar-refractivity contribution in [2.75, 3.05) is 0 Å². The maximum absolute atomic E-state index is 12.5. The van der Waals surface area contributed by atoms with Crippen molar-refractivity contribution in [3.8, 4) is 10.4 Å². The average Bonchev–Trinajstić information content (AvgIpc) is 3.88. The fraction of sp³-hybridized carbons (Fsp3) is 0.647. The lowest BCUT2D eigenvalue weighted by Gasteiger charge is -2.19. The minimum atomic E-state index is -1.02. The van der Waals surface area contributed by atoms with E-state index in [-0.39, 0.29) is 11.6 Å². The quantitative estimate of drug-likeness (QED) is 0.118. The first-order chi connectivity index (χ1) is 23.3. The van der Waals surface area contributed by atoms with E-state index in [0.29, 0.717) is 46.0 Å². The molecule has 8 rings (SSSR count). The number of aromatic carboxylic acids is 1. The standard InChI is InChI=1S/C17H25N3O2SSi.C9H8N2O3S.C8H19NSi/c1-24(2)8-3-4-11(7-9-24)18-16(21)13-10-14-15(19-13)20-17(23-14)22-12-5-6-12;12-8(13)5-3-6-7(10-5)11-9(15-6)14-4-1-2-4;1-10(2)6-3-4-8(9)5-7-10/h10-12,19H,3-9H2,1-2H3,(H,18,21);3-4,10H,1-2H2,(H,12,13);8H,3-7,9H2,1-2H3. The number of fused-ring (bicyclic) bond motifs is 2. The van der Waals surface area contributed by atoms with Gasteiger partial charge in [-0.3, -0.25) is 4.79 Å². The van der Waals surface area contributed by atoms with Crippen LogP contribution < -0.4 is 20.5 Å². The molecule has 2 saturated heterocycles. The van der Waals surface area contributed by atoms with Crippen molar-refractivity contribution in [3.05, 3.63) is 23.5 Å². The fourth-order valence-corrected chi connectivity index (χ4v) is 13.2. The van der Waals surface area contributed by atoms with Crippen LogP contribution in [-0.2, 0) is 0 Å². The summed E-state index contributed by atoms with van der Waals surface area (Å²) in [7, 11) is -1.79. The summed E-state index contributed by atoms with van der Waals surface area (Å²) in [5.74, 6) is -0.971. The van der Waals surface area contributed by atoms with Crippen LogP contribution in [0.5, 0.6) is 10.4 Å². The highest BCUT2D eigenvalue weighted by Crippen LogP contribution is 2.35. The van der Waals surface area contributed by atoms with Gasteiger partial charge in [0, 0.05) is 28.2 Å². The third-order valence-corrected chi connectivity index (χ3v) is 18.4. The summed E-state index contributed by atoms with van der Waals surface area (Å²) in [4.78, 5) is 37.7. The molecular formula is C34H52N6O5S2Si2. The summed E-state index contributed by atoms with van der Waals surface area (Å²) in [5.41, 5.74) is 8.01. The van der Waals surface area contributed by atoms with Crippen molar-refractivity contribution in [2.24, 2.45) is 5.73 Å². The zero-order valence-electron chi connectivity index (χ0n) is 29.2. The molecule has 15 heteroatoms. The molecular weight excluding hydrogens is 693 g/mol. The van der Waals surface area contributed by atoms with Gasteiger partial charge in [-0.15, -0.1) is 0 Å². The summed E-state index contributed by atoms with van der Waals surface area (Å²) in [6.07, 6.45) is 12.5. The lowest BCUT2D eigenvalue weighted by molar-refractivity contribution is 0.0691. The summed E-state index contributed by atoms with van der Waals surface area (Å²) in [5, 5.41) is 13.3. The van der Waals surface area contributed by atoms with E-state index in [1.807, 2.05) is 6.07 Å². The van der Waals surface area contributed by atoms with Gasteiger partial charge in [-0.1, -0.05) is 85.9 Å². The summed E-state index contributed by atoms with van der Waals surface area (Å²) < 4.78 is 13.0. The summed E-state index contributed by atoms with van der Waals surface area (Å²) in [6.45, 7) is 9.91. The molecule has 6 heterocycles. The van der Waals surface area contributed by atoms with Crippen molar-refractivity contribution in [1.82, 2.24) is 25.3 Å². The minimum Gasteiger partial charge on any atom is -0.477 e. The van der Waals surface area contributed by atoms with Gasteiger partial charge in [-0.25, -0.2) is 4.79 Å². The van der Waals surface area contributed by atoms with Gasteiger partial charge in [-0.2, -0.15) is 9.97 Å². The van der Waals surface area contributed by atoms with Gasteiger partial charge in [0.2, 0.25) is 0 Å². The second-order valence-electron chi connectivity index (χ2n) is 15.8. The van der Waals surface area contributed by atoms with Crippen molar-refractivity contribution in [3.63, 3.8) is 0 Å². The van der Waals surface area contributed by atoms with E-state index in [1.165, 1.54) is 72.5 Å². The molecule has 268 valence electrons. The number of nitrogens with zero attached hydrogens (tertiary/aromatic N) is 2. The SMILES string of the molecule is C[Si]1(C)CCCC(N)CC1.C[Si]1(C)CCCC(NC(=O)c2cc3sc(OC4CC4)nc3[nH]2)CC1.O=C(O)c1cc2sc(OC3CC3)nc2[nH]1. The first-order valence-electron chi connectivity index (χ1n) is 17.9. The van der Waals surface area contributed by atoms with Crippen molar-refractivity contribution < 1.29 is 24.2 Å². The van der Waals surface area contributed by atoms with Crippen molar-refractivity contribution in [1.29, 1.82) is 0 Å². The molecule has 0 bridgehead atoms. The number of aromatic amines is 2. The number of nitrogens with one attached hydrogen (secondary N) is 3. The molecule has 2 aliphatic heterocycles. The number of thiazole rings is 2. The summed E-state index contributed by atoms with van der Waals surface area (Å²) in [6, 6.07) is 9.96. The van der Waals surface area contributed by atoms with Crippen LogP contribution in [0.1, 0.15) is 85.2 Å². The molecule has 2 atom stereocenters. The van der Waals surface area contributed by atoms with Gasteiger partial charge in [-0.05, 0) is 63.5 Å². The number of carbonyl (C=O) groups excluding carboxylic acids is 1. The third-order valence-electron chi connectivity index (χ3n) is 9.91. The van der Waals surface area contributed by atoms with Crippen LogP contribution in [0.2, 0.25) is 50.4 Å². The maximum atomic E-state index is 12.5. The topological polar surface area (TPSA) is 168 Å². The van der Waals surface area contributed by atoms with Crippen LogP contribution in [0.15, 0.2) is 12.1 Å². The van der Waals surface area contributed by atoms with Gasteiger partial charge in [0.05, 0.1) is 9.40 Å². The monoisotopic (exact) mass is 744 g/mol. The number of H-pyrrole nitrogens is 2. The zero-order valence-corrected chi connectivity index (χ0v) is 32.9. The van der Waals surface area contributed by atoms with Gasteiger partial charge >= 0.3 is 5.97 Å². The Morgan fingerprint density at radius 2 is 1.29 bits per heavy atom. The Balaban J connectivity index is 0.000000142. The number of hydrogen-bond acceptors (Lipinski definition) is 9. The van der Waals surface area contributed by atoms with E-state index in [1.54, 1.807) is 6.07 Å². The van der Waals surface area contributed by atoms with E-state index in [2.05, 4.69) is 51.4 Å². The Bertz CT molecular complexity index is 1680. The van der Waals surface area contributed by atoms with E-state index in [4.69, 9.17) is 20.3 Å². The fourth-order valence-electron chi connectivity index (χ4n) is 6.34. The lowest BCUT2D eigenvalue weighted by Crippen LogP contribution is -2.35. The van der Waals surface area contributed by atoms with Crippen LogP contribution in [0, 0.1) is 0 Å². The molecule has 0 radical (unpaired) electrons. The van der Waals surface area contributed by atoms with Gasteiger partial charge < -0.3 is 35.6 Å². The number of ether oxygens (including phenoxy) is 2.